The molecule has 5 heteroatoms. The fourth-order valence-electron chi connectivity index (χ4n) is 5.50. The van der Waals surface area contributed by atoms with Gasteiger partial charge in [-0.2, -0.15) is 12.5 Å². The monoisotopic (exact) mass is 743 g/mol. The van der Waals surface area contributed by atoms with Crippen molar-refractivity contribution in [3.63, 3.8) is 0 Å². The number of carbonyl (C=O) groups is 1. The zero-order valence-electron chi connectivity index (χ0n) is 25.3. The van der Waals surface area contributed by atoms with Gasteiger partial charge in [0.1, 0.15) is 0 Å². The first-order chi connectivity index (χ1) is 18.7. The molecule has 0 saturated heterocycles. The Labute approximate surface area is 262 Å². The van der Waals surface area contributed by atoms with Gasteiger partial charge in [-0.15, -0.1) is 34.4 Å². The zero-order chi connectivity index (χ0) is 29.5. The molecule has 1 radical (unpaired) electrons. The Balaban J connectivity index is 0.000000516. The van der Waals surface area contributed by atoms with Gasteiger partial charge < -0.3 is 9.67 Å². The van der Waals surface area contributed by atoms with Crippen molar-refractivity contribution >= 4 is 48.1 Å². The standard InChI is InChI=1S/C31H32NS.C5H8O2.Ir/c1-18(2)21-13-14-24-25-15-16-32(8)28(30(25)33-29(24)20(21)4)26-17-27(31(5,6)7)23-12-10-9-11-22(23)19(26)3;1-4(6)3-5(2)7;/h9-18H,3,8H2,1-2,4-7H3;3,6H,1-2H3;/q-1;;/b;4-3-;. The maximum atomic E-state index is 10.0. The Morgan fingerprint density at radius 2 is 1.59 bits per heavy atom. The summed E-state index contributed by atoms with van der Waals surface area (Å²) >= 11 is 1.89. The number of fused-ring (bicyclic) bond motifs is 4. The van der Waals surface area contributed by atoms with Crippen LogP contribution in [0.1, 0.15) is 76.6 Å². The van der Waals surface area contributed by atoms with Crippen LogP contribution in [0.3, 0.4) is 0 Å². The number of aliphatic hydroxyl groups excluding tert-OH is 1. The number of allylic oxidation sites excluding steroid dienone is 2. The summed E-state index contributed by atoms with van der Waals surface area (Å²) in [5.41, 5.74) is 7.58. The fourth-order valence-corrected chi connectivity index (χ4v) is 6.88. The van der Waals surface area contributed by atoms with Crippen molar-refractivity contribution in [1.29, 1.82) is 0 Å². The third-order valence-electron chi connectivity index (χ3n) is 7.36. The minimum absolute atomic E-state index is 0. The molecule has 0 spiro atoms. The van der Waals surface area contributed by atoms with Crippen molar-refractivity contribution < 1.29 is 34.6 Å². The van der Waals surface area contributed by atoms with Gasteiger partial charge in [0.2, 0.25) is 0 Å². The maximum absolute atomic E-state index is 10.0. The van der Waals surface area contributed by atoms with Crippen LogP contribution < -0.4 is 4.57 Å². The molecule has 0 fully saturated rings. The molecule has 0 unspecified atom stereocenters. The second-order valence-electron chi connectivity index (χ2n) is 11.9. The van der Waals surface area contributed by atoms with Gasteiger partial charge in [-0.3, -0.25) is 4.79 Å². The molecule has 0 aliphatic rings. The number of hydrogen-bond donors (Lipinski definition) is 1. The van der Waals surface area contributed by atoms with Gasteiger partial charge in [-0.1, -0.05) is 75.9 Å². The third kappa shape index (κ3) is 6.38. The number of nitrogens with zero attached hydrogens (tertiary/aromatic N) is 1. The minimum Gasteiger partial charge on any atom is -0.512 e. The minimum atomic E-state index is -0.125. The molecule has 5 aromatic rings. The Morgan fingerprint density at radius 3 is 2.12 bits per heavy atom. The molecule has 0 bridgehead atoms. The van der Waals surface area contributed by atoms with Crippen LogP contribution in [-0.2, 0) is 30.3 Å². The number of hydrogen-bond acceptors (Lipinski definition) is 3. The molecule has 217 valence electrons. The number of pyridine rings is 1. The van der Waals surface area contributed by atoms with Gasteiger partial charge in [-0.05, 0) is 60.1 Å². The smallest absolute Gasteiger partial charge is 0.155 e. The predicted octanol–water partition coefficient (Wildman–Crippen LogP) is 9.75. The van der Waals surface area contributed by atoms with Crippen molar-refractivity contribution in [2.75, 3.05) is 0 Å². The van der Waals surface area contributed by atoms with Gasteiger partial charge in [0, 0.05) is 42.6 Å². The SMILES string of the molecule is CC(=O)/C=C(/C)O.[CH2-]c1c(-c2c3sc4c(C)c(C(C)C)ccc4c3cc[n+]2[CH2-])cc(C(C)(C)C)c2ccccc12.[Ir]. The maximum Gasteiger partial charge on any atom is 0.155 e. The molecule has 1 N–H and O–H groups in total. The van der Waals surface area contributed by atoms with Gasteiger partial charge in [0.05, 0.1) is 17.6 Å². The molecule has 3 nitrogen and oxygen atoms in total. The molecule has 5 rings (SSSR count). The number of aliphatic hydroxyl groups is 1. The number of carbonyl (C=O) groups excluding carboxylic acids is 1. The average Bonchev–Trinajstić information content (AvgIpc) is 3.23. The van der Waals surface area contributed by atoms with Crippen molar-refractivity contribution in [2.45, 2.75) is 66.7 Å². The molecular weight excluding hydrogens is 703 g/mol. The van der Waals surface area contributed by atoms with Crippen LogP contribution in [0.15, 0.2) is 66.6 Å². The van der Waals surface area contributed by atoms with E-state index in [2.05, 4.69) is 110 Å². The van der Waals surface area contributed by atoms with Gasteiger partial charge in [0.25, 0.3) is 0 Å². The summed E-state index contributed by atoms with van der Waals surface area (Å²) < 4.78 is 4.69. The summed E-state index contributed by atoms with van der Waals surface area (Å²) in [6, 6.07) is 17.9. The zero-order valence-corrected chi connectivity index (χ0v) is 28.5. The fraction of sp³-hybridized carbons (Fsp3) is 0.278. The van der Waals surface area contributed by atoms with Crippen molar-refractivity contribution in [3.8, 4) is 11.3 Å². The molecule has 41 heavy (non-hydrogen) atoms. The molecule has 2 aromatic heterocycles. The molecule has 3 aromatic carbocycles. The first kappa shape index (κ1) is 32.4. The van der Waals surface area contributed by atoms with E-state index in [0.29, 0.717) is 5.92 Å². The van der Waals surface area contributed by atoms with E-state index in [1.165, 1.54) is 73.1 Å². The van der Waals surface area contributed by atoms with Crippen molar-refractivity contribution in [3.05, 3.63) is 103 Å². The van der Waals surface area contributed by atoms with Crippen LogP contribution >= 0.6 is 11.3 Å². The molecule has 2 heterocycles. The summed E-state index contributed by atoms with van der Waals surface area (Å²) in [6.45, 7) is 21.1. The number of benzene rings is 3. The largest absolute Gasteiger partial charge is 0.512 e. The van der Waals surface area contributed by atoms with Crippen LogP contribution in [0.5, 0.6) is 0 Å². The molecule has 0 aliphatic carbocycles. The van der Waals surface area contributed by atoms with Crippen LogP contribution in [0.4, 0.5) is 0 Å². The van der Waals surface area contributed by atoms with E-state index >= 15 is 0 Å². The quantitative estimate of drug-likeness (QED) is 0.0866. The first-order valence-corrected chi connectivity index (χ1v) is 14.5. The van der Waals surface area contributed by atoms with E-state index in [1.807, 2.05) is 15.9 Å². The second kappa shape index (κ2) is 12.4. The Morgan fingerprint density at radius 1 is 0.976 bits per heavy atom. The first-order valence-electron chi connectivity index (χ1n) is 13.7. The normalized spacial score (nSPS) is 12.0. The van der Waals surface area contributed by atoms with E-state index in [1.54, 1.807) is 0 Å². The number of aromatic nitrogens is 1. The van der Waals surface area contributed by atoms with Crippen LogP contribution in [0, 0.1) is 20.9 Å². The van der Waals surface area contributed by atoms with E-state index in [0.717, 1.165) is 11.3 Å². The third-order valence-corrected chi connectivity index (χ3v) is 8.71. The molecule has 0 amide bonds. The Kier molecular flexibility index (Phi) is 9.80. The summed E-state index contributed by atoms with van der Waals surface area (Å²) in [4.78, 5) is 10.0. The van der Waals surface area contributed by atoms with E-state index in [-0.39, 0.29) is 37.1 Å². The second-order valence-corrected chi connectivity index (χ2v) is 13.0. The number of ketones is 1. The summed E-state index contributed by atoms with van der Waals surface area (Å²) in [7, 11) is 4.39. The van der Waals surface area contributed by atoms with Crippen LogP contribution in [0.2, 0.25) is 0 Å². The topological polar surface area (TPSA) is 41.2 Å². The van der Waals surface area contributed by atoms with Gasteiger partial charge >= 0.3 is 0 Å². The number of aryl methyl sites for hydroxylation is 1. The Hall–Kier alpha value is -3.11. The van der Waals surface area contributed by atoms with E-state index in [9.17, 15) is 4.79 Å². The molecule has 0 saturated carbocycles. The summed E-state index contributed by atoms with van der Waals surface area (Å²) in [6.07, 6.45) is 3.26. The molecular formula is C36H40IrNO2S-. The van der Waals surface area contributed by atoms with Crippen molar-refractivity contribution in [2.24, 2.45) is 0 Å². The van der Waals surface area contributed by atoms with Crippen LogP contribution in [0.25, 0.3) is 42.2 Å². The van der Waals surface area contributed by atoms with Gasteiger partial charge in [0.15, 0.2) is 5.78 Å². The predicted molar refractivity (Wildman–Crippen MR) is 172 cm³/mol. The average molecular weight is 743 g/mol. The number of thiophene rings is 1. The summed E-state index contributed by atoms with van der Waals surface area (Å²) in [5, 5.41) is 13.5. The van der Waals surface area contributed by atoms with E-state index in [4.69, 9.17) is 5.11 Å². The van der Waals surface area contributed by atoms with E-state index < -0.39 is 0 Å². The summed E-state index contributed by atoms with van der Waals surface area (Å²) in [5.74, 6) is 0.450. The van der Waals surface area contributed by atoms with Crippen molar-refractivity contribution in [1.82, 2.24) is 0 Å². The number of rotatable bonds is 3. The molecule has 0 aliphatic heterocycles. The molecule has 0 atom stereocenters. The van der Waals surface area contributed by atoms with Crippen LogP contribution in [-0.4, -0.2) is 10.9 Å². The Bertz CT molecular complexity index is 1780. The van der Waals surface area contributed by atoms with Gasteiger partial charge in [-0.25, -0.2) is 0 Å².